The van der Waals surface area contributed by atoms with Crippen molar-refractivity contribution in [2.24, 2.45) is 23.0 Å². The fourth-order valence-electron chi connectivity index (χ4n) is 6.12. The van der Waals surface area contributed by atoms with Gasteiger partial charge in [-0.3, -0.25) is 0 Å². The monoisotopic (exact) mass is 269 g/mol. The van der Waals surface area contributed by atoms with Crippen molar-refractivity contribution in [3.8, 4) is 0 Å². The third kappa shape index (κ3) is 1.79. The Morgan fingerprint density at radius 2 is 1.70 bits per heavy atom. The summed E-state index contributed by atoms with van der Waals surface area (Å²) in [5, 5.41) is 0. The van der Waals surface area contributed by atoms with Crippen LogP contribution in [0.5, 0.6) is 0 Å². The molecule has 1 heteroatoms. The molecule has 0 aliphatic heterocycles. The summed E-state index contributed by atoms with van der Waals surface area (Å²) in [7, 11) is 0. The van der Waals surface area contributed by atoms with E-state index in [1.54, 1.807) is 5.56 Å². The summed E-state index contributed by atoms with van der Waals surface area (Å²) >= 11 is 0. The number of benzene rings is 1. The zero-order chi connectivity index (χ0) is 13.8. The minimum Gasteiger partial charge on any atom is -0.330 e. The lowest BCUT2D eigenvalue weighted by Gasteiger charge is -2.62. The van der Waals surface area contributed by atoms with E-state index in [0.29, 0.717) is 10.8 Å². The van der Waals surface area contributed by atoms with Crippen LogP contribution in [-0.4, -0.2) is 6.54 Å². The van der Waals surface area contributed by atoms with Crippen LogP contribution in [0.15, 0.2) is 24.3 Å². The summed E-state index contributed by atoms with van der Waals surface area (Å²) in [6.07, 6.45) is 9.66. The van der Waals surface area contributed by atoms with E-state index in [-0.39, 0.29) is 0 Å². The van der Waals surface area contributed by atoms with Crippen molar-refractivity contribution in [2.75, 3.05) is 6.54 Å². The Morgan fingerprint density at radius 3 is 2.25 bits per heavy atom. The van der Waals surface area contributed by atoms with Gasteiger partial charge in [0, 0.05) is 0 Å². The van der Waals surface area contributed by atoms with Gasteiger partial charge >= 0.3 is 0 Å². The molecule has 0 radical (unpaired) electrons. The Labute approximate surface area is 122 Å². The van der Waals surface area contributed by atoms with E-state index in [2.05, 4.69) is 31.2 Å². The van der Waals surface area contributed by atoms with Crippen LogP contribution in [0.3, 0.4) is 0 Å². The van der Waals surface area contributed by atoms with Gasteiger partial charge in [-0.2, -0.15) is 0 Å². The molecule has 0 amide bonds. The standard InChI is InChI=1S/C19H27N/c1-2-14-3-5-17(6-4-14)19-10-15-7-16(11-19)9-18(8-15,12-19)13-20/h3-6,15-16H,2,7-13,20H2,1H3. The van der Waals surface area contributed by atoms with Crippen LogP contribution in [0.2, 0.25) is 0 Å². The second kappa shape index (κ2) is 4.34. The Hall–Kier alpha value is -0.820. The number of hydrogen-bond donors (Lipinski definition) is 1. The fraction of sp³-hybridized carbons (Fsp3) is 0.684. The molecule has 1 aromatic carbocycles. The highest BCUT2D eigenvalue weighted by Gasteiger charge is 2.57. The second-order valence-electron chi connectivity index (χ2n) is 8.00. The predicted octanol–water partition coefficient (Wildman–Crippen LogP) is 4.05. The summed E-state index contributed by atoms with van der Waals surface area (Å²) in [5.74, 6) is 1.90. The van der Waals surface area contributed by atoms with Gasteiger partial charge < -0.3 is 5.73 Å². The molecular weight excluding hydrogens is 242 g/mol. The molecule has 4 bridgehead atoms. The average Bonchev–Trinajstić information content (AvgIpc) is 2.46. The van der Waals surface area contributed by atoms with E-state index >= 15 is 0 Å². The van der Waals surface area contributed by atoms with Gasteiger partial charge in [0.05, 0.1) is 0 Å². The third-order valence-corrected chi connectivity index (χ3v) is 6.59. The Bertz CT molecular complexity index is 487. The van der Waals surface area contributed by atoms with E-state index < -0.39 is 0 Å². The highest BCUT2D eigenvalue weighted by molar-refractivity contribution is 5.33. The number of rotatable bonds is 3. The van der Waals surface area contributed by atoms with Crippen LogP contribution >= 0.6 is 0 Å². The molecule has 5 rings (SSSR count). The Balaban J connectivity index is 1.72. The van der Waals surface area contributed by atoms with Gasteiger partial charge in [-0.1, -0.05) is 31.2 Å². The van der Waals surface area contributed by atoms with Gasteiger partial charge in [0.25, 0.3) is 0 Å². The zero-order valence-electron chi connectivity index (χ0n) is 12.7. The normalized spacial score (nSPS) is 42.1. The molecule has 0 spiro atoms. The first-order valence-corrected chi connectivity index (χ1v) is 8.46. The van der Waals surface area contributed by atoms with Crippen LogP contribution in [0.1, 0.15) is 56.6 Å². The highest BCUT2D eigenvalue weighted by atomic mass is 14.7. The quantitative estimate of drug-likeness (QED) is 0.880. The van der Waals surface area contributed by atoms with Crippen LogP contribution in [-0.2, 0) is 11.8 Å². The van der Waals surface area contributed by atoms with Crippen molar-refractivity contribution in [3.05, 3.63) is 35.4 Å². The Morgan fingerprint density at radius 1 is 1.05 bits per heavy atom. The van der Waals surface area contributed by atoms with Gasteiger partial charge in [0.2, 0.25) is 0 Å². The third-order valence-electron chi connectivity index (χ3n) is 6.59. The van der Waals surface area contributed by atoms with E-state index in [1.165, 1.54) is 44.1 Å². The van der Waals surface area contributed by atoms with Crippen molar-refractivity contribution in [2.45, 2.75) is 57.3 Å². The van der Waals surface area contributed by atoms with Gasteiger partial charge in [-0.05, 0) is 85.3 Å². The molecule has 2 N–H and O–H groups in total. The van der Waals surface area contributed by atoms with E-state index in [4.69, 9.17) is 5.73 Å². The average molecular weight is 269 g/mol. The first-order valence-electron chi connectivity index (χ1n) is 8.46. The minimum atomic E-state index is 0.468. The predicted molar refractivity (Wildman–Crippen MR) is 83.7 cm³/mol. The maximum atomic E-state index is 6.21. The molecule has 108 valence electrons. The van der Waals surface area contributed by atoms with E-state index in [1.807, 2.05) is 0 Å². The lowest BCUT2D eigenvalue weighted by atomic mass is 9.43. The van der Waals surface area contributed by atoms with Crippen LogP contribution < -0.4 is 5.73 Å². The van der Waals surface area contributed by atoms with Crippen molar-refractivity contribution < 1.29 is 0 Å². The molecule has 0 aromatic heterocycles. The summed E-state index contributed by atoms with van der Waals surface area (Å²) in [4.78, 5) is 0. The first kappa shape index (κ1) is 12.9. The molecule has 4 saturated carbocycles. The smallest absolute Gasteiger partial charge is 0.00200 e. The van der Waals surface area contributed by atoms with Crippen molar-refractivity contribution in [1.29, 1.82) is 0 Å². The summed E-state index contributed by atoms with van der Waals surface area (Å²) in [5.41, 5.74) is 10.2. The Kier molecular flexibility index (Phi) is 2.79. The van der Waals surface area contributed by atoms with Gasteiger partial charge in [-0.15, -0.1) is 0 Å². The van der Waals surface area contributed by atoms with Crippen molar-refractivity contribution >= 4 is 0 Å². The van der Waals surface area contributed by atoms with Gasteiger partial charge in [0.1, 0.15) is 0 Å². The SMILES string of the molecule is CCc1ccc(C23CC4CC(CC(CN)(C4)C2)C3)cc1. The molecule has 1 aromatic rings. The van der Waals surface area contributed by atoms with Gasteiger partial charge in [-0.25, -0.2) is 0 Å². The largest absolute Gasteiger partial charge is 0.330 e. The summed E-state index contributed by atoms with van der Waals surface area (Å²) in [6, 6.07) is 9.55. The lowest BCUT2D eigenvalue weighted by Crippen LogP contribution is -2.56. The maximum absolute atomic E-state index is 6.21. The molecule has 4 aliphatic carbocycles. The second-order valence-corrected chi connectivity index (χ2v) is 8.00. The topological polar surface area (TPSA) is 26.0 Å². The molecule has 4 fully saturated rings. The van der Waals surface area contributed by atoms with E-state index in [9.17, 15) is 0 Å². The number of hydrogen-bond acceptors (Lipinski definition) is 1. The fourth-order valence-corrected chi connectivity index (χ4v) is 6.12. The van der Waals surface area contributed by atoms with Crippen LogP contribution in [0.4, 0.5) is 0 Å². The van der Waals surface area contributed by atoms with Crippen LogP contribution in [0, 0.1) is 17.3 Å². The van der Waals surface area contributed by atoms with Crippen molar-refractivity contribution in [1.82, 2.24) is 0 Å². The van der Waals surface area contributed by atoms with Crippen LogP contribution in [0.25, 0.3) is 0 Å². The summed E-state index contributed by atoms with van der Waals surface area (Å²) < 4.78 is 0. The molecular formula is C19H27N. The number of nitrogens with two attached hydrogens (primary N) is 1. The molecule has 20 heavy (non-hydrogen) atoms. The molecule has 4 aliphatic rings. The van der Waals surface area contributed by atoms with Gasteiger partial charge in [0.15, 0.2) is 0 Å². The lowest BCUT2D eigenvalue weighted by molar-refractivity contribution is -0.0667. The highest BCUT2D eigenvalue weighted by Crippen LogP contribution is 2.65. The molecule has 2 unspecified atom stereocenters. The summed E-state index contributed by atoms with van der Waals surface area (Å²) in [6.45, 7) is 3.15. The maximum Gasteiger partial charge on any atom is -0.00200 e. The first-order chi connectivity index (χ1) is 9.67. The van der Waals surface area contributed by atoms with E-state index in [0.717, 1.165) is 24.8 Å². The number of aryl methyl sites for hydroxylation is 1. The van der Waals surface area contributed by atoms with Crippen molar-refractivity contribution in [3.63, 3.8) is 0 Å². The molecule has 2 atom stereocenters. The molecule has 0 saturated heterocycles. The zero-order valence-corrected chi connectivity index (χ0v) is 12.7. The minimum absolute atomic E-state index is 0.468. The molecule has 1 nitrogen and oxygen atoms in total. The molecule has 0 heterocycles.